The predicted octanol–water partition coefficient (Wildman–Crippen LogP) is 1.54. The third kappa shape index (κ3) is 4.04. The van der Waals surface area contributed by atoms with Gasteiger partial charge in [0.1, 0.15) is 0 Å². The van der Waals surface area contributed by atoms with Gasteiger partial charge in [-0.15, -0.1) is 0 Å². The zero-order chi connectivity index (χ0) is 20.2. The molecule has 0 bridgehead atoms. The number of H-pyrrole nitrogens is 1. The first kappa shape index (κ1) is 18.9. The monoisotopic (exact) mass is 395 g/mol. The Morgan fingerprint density at radius 1 is 1.28 bits per heavy atom. The summed E-state index contributed by atoms with van der Waals surface area (Å²) in [7, 11) is 1.52. The summed E-state index contributed by atoms with van der Waals surface area (Å²) in [6.45, 7) is 1.31. The van der Waals surface area contributed by atoms with E-state index in [1.165, 1.54) is 18.0 Å². The molecule has 0 unspecified atom stereocenters. The lowest BCUT2D eigenvalue weighted by Crippen LogP contribution is -2.38. The first-order valence-corrected chi connectivity index (χ1v) is 9.31. The highest BCUT2D eigenvalue weighted by molar-refractivity contribution is 5.94. The summed E-state index contributed by atoms with van der Waals surface area (Å²) in [6.07, 6.45) is 6.25. The van der Waals surface area contributed by atoms with Crippen molar-refractivity contribution in [1.29, 1.82) is 0 Å². The molecule has 9 heteroatoms. The maximum atomic E-state index is 12.8. The van der Waals surface area contributed by atoms with Gasteiger partial charge < -0.3 is 14.8 Å². The molecule has 0 saturated carbocycles. The van der Waals surface area contributed by atoms with Crippen LogP contribution in [0.25, 0.3) is 16.9 Å². The van der Waals surface area contributed by atoms with Gasteiger partial charge in [-0.25, -0.2) is 14.6 Å². The van der Waals surface area contributed by atoms with E-state index in [-0.39, 0.29) is 17.5 Å². The summed E-state index contributed by atoms with van der Waals surface area (Å²) < 4.78 is 11.7. The van der Waals surface area contributed by atoms with Crippen LogP contribution in [-0.2, 0) is 4.74 Å². The van der Waals surface area contributed by atoms with Crippen molar-refractivity contribution in [2.24, 2.45) is 0 Å². The van der Waals surface area contributed by atoms with Gasteiger partial charge in [-0.05, 0) is 36.6 Å². The zero-order valence-corrected chi connectivity index (χ0v) is 15.9. The van der Waals surface area contributed by atoms with Crippen LogP contribution in [0.3, 0.4) is 0 Å². The van der Waals surface area contributed by atoms with Crippen molar-refractivity contribution < 1.29 is 14.3 Å². The van der Waals surface area contributed by atoms with Gasteiger partial charge in [0.2, 0.25) is 5.88 Å². The number of ether oxygens (including phenoxy) is 2. The molecule has 1 saturated heterocycles. The number of aromatic nitrogens is 4. The number of rotatable bonds is 5. The Kier molecular flexibility index (Phi) is 5.39. The first-order chi connectivity index (χ1) is 14.2. The second kappa shape index (κ2) is 8.27. The second-order valence-corrected chi connectivity index (χ2v) is 6.68. The highest BCUT2D eigenvalue weighted by Crippen LogP contribution is 2.19. The average Bonchev–Trinajstić information content (AvgIpc) is 3.16. The minimum Gasteiger partial charge on any atom is -0.481 e. The predicted molar refractivity (Wildman–Crippen MR) is 105 cm³/mol. The van der Waals surface area contributed by atoms with Crippen LogP contribution in [0.2, 0.25) is 0 Å². The molecule has 0 aliphatic carbocycles. The molecule has 4 heterocycles. The van der Waals surface area contributed by atoms with Gasteiger partial charge in [0.25, 0.3) is 11.5 Å². The topological polar surface area (TPSA) is 111 Å². The number of aromatic amines is 1. The van der Waals surface area contributed by atoms with E-state index in [1.807, 2.05) is 0 Å². The van der Waals surface area contributed by atoms with E-state index in [4.69, 9.17) is 9.47 Å². The molecule has 4 rings (SSSR count). The van der Waals surface area contributed by atoms with E-state index in [2.05, 4.69) is 20.4 Å². The molecule has 1 aliphatic heterocycles. The lowest BCUT2D eigenvalue weighted by Gasteiger charge is -2.23. The van der Waals surface area contributed by atoms with Crippen molar-refractivity contribution >= 4 is 5.91 Å². The molecule has 0 aromatic carbocycles. The van der Waals surface area contributed by atoms with Crippen LogP contribution in [-0.4, -0.2) is 52.0 Å². The van der Waals surface area contributed by atoms with Crippen molar-refractivity contribution in [1.82, 2.24) is 25.1 Å². The number of nitrogens with zero attached hydrogens (tertiary/aromatic N) is 3. The van der Waals surface area contributed by atoms with Crippen LogP contribution in [0, 0.1) is 0 Å². The van der Waals surface area contributed by atoms with Crippen molar-refractivity contribution in [3.8, 4) is 22.8 Å². The van der Waals surface area contributed by atoms with E-state index < -0.39 is 0 Å². The van der Waals surface area contributed by atoms with Gasteiger partial charge in [0, 0.05) is 43.9 Å². The summed E-state index contributed by atoms with van der Waals surface area (Å²) in [6, 6.07) is 6.82. The molecule has 1 amide bonds. The lowest BCUT2D eigenvalue weighted by molar-refractivity contribution is 0.0696. The third-order valence-corrected chi connectivity index (χ3v) is 4.82. The molecule has 0 radical (unpaired) electrons. The van der Waals surface area contributed by atoms with Crippen molar-refractivity contribution in [3.63, 3.8) is 0 Å². The second-order valence-electron chi connectivity index (χ2n) is 6.68. The number of carbonyl (C=O) groups excluding carboxylic acids is 1. The molecule has 2 N–H and O–H groups in total. The standard InChI is InChI=1S/C20H21N5O4/c1-28-18-10-13(4-7-21-18)16-12-23-25(20(16)27)17-3-2-14(11-22-17)19(26)24-15-5-8-29-9-6-15/h2-4,7,10-12,15,23H,5-6,8-9H2,1H3,(H,24,26). The minimum absolute atomic E-state index is 0.113. The Hall–Kier alpha value is -3.46. The molecule has 150 valence electrons. The van der Waals surface area contributed by atoms with Crippen molar-refractivity contribution in [3.05, 3.63) is 58.8 Å². The third-order valence-electron chi connectivity index (χ3n) is 4.82. The maximum Gasteiger partial charge on any atom is 0.280 e. The molecule has 0 spiro atoms. The SMILES string of the molecule is COc1cc(-c2c[nH]n(-c3ccc(C(=O)NC4CCOCC4)cn3)c2=O)ccn1. The number of amides is 1. The highest BCUT2D eigenvalue weighted by Gasteiger charge is 2.18. The Morgan fingerprint density at radius 3 is 2.83 bits per heavy atom. The van der Waals surface area contributed by atoms with Gasteiger partial charge in [0.05, 0.1) is 18.2 Å². The van der Waals surface area contributed by atoms with Gasteiger partial charge in [0.15, 0.2) is 5.82 Å². The van der Waals surface area contributed by atoms with E-state index in [1.54, 1.807) is 36.7 Å². The molecular formula is C20H21N5O4. The maximum absolute atomic E-state index is 12.8. The molecule has 3 aromatic rings. The van der Waals surface area contributed by atoms with Crippen LogP contribution < -0.4 is 15.6 Å². The number of nitrogens with one attached hydrogen (secondary N) is 2. The highest BCUT2D eigenvalue weighted by atomic mass is 16.5. The largest absolute Gasteiger partial charge is 0.481 e. The van der Waals surface area contributed by atoms with Gasteiger partial charge >= 0.3 is 0 Å². The summed E-state index contributed by atoms with van der Waals surface area (Å²) >= 11 is 0. The Labute approximate surface area is 166 Å². The van der Waals surface area contributed by atoms with Crippen LogP contribution in [0.1, 0.15) is 23.2 Å². The Bertz CT molecular complexity index is 1050. The van der Waals surface area contributed by atoms with Gasteiger partial charge in [-0.1, -0.05) is 0 Å². The number of hydrogen-bond donors (Lipinski definition) is 2. The summed E-state index contributed by atoms with van der Waals surface area (Å²) in [5.41, 5.74) is 1.34. The molecule has 1 aliphatic rings. The number of methoxy groups -OCH3 is 1. The average molecular weight is 395 g/mol. The Morgan fingerprint density at radius 2 is 2.10 bits per heavy atom. The van der Waals surface area contributed by atoms with Crippen molar-refractivity contribution in [2.75, 3.05) is 20.3 Å². The van der Waals surface area contributed by atoms with E-state index in [9.17, 15) is 9.59 Å². The minimum atomic E-state index is -0.259. The fourth-order valence-corrected chi connectivity index (χ4v) is 3.20. The molecular weight excluding hydrogens is 374 g/mol. The summed E-state index contributed by atoms with van der Waals surface area (Å²) in [5.74, 6) is 0.636. The van der Waals surface area contributed by atoms with Crippen LogP contribution >= 0.6 is 0 Å². The molecule has 0 atom stereocenters. The van der Waals surface area contributed by atoms with Crippen LogP contribution in [0.4, 0.5) is 0 Å². The van der Waals surface area contributed by atoms with Gasteiger partial charge in [-0.3, -0.25) is 14.7 Å². The molecule has 3 aromatic heterocycles. The summed E-state index contributed by atoms with van der Waals surface area (Å²) in [4.78, 5) is 33.5. The Balaban J connectivity index is 1.53. The van der Waals surface area contributed by atoms with Crippen LogP contribution in [0.15, 0.2) is 47.7 Å². The molecule has 29 heavy (non-hydrogen) atoms. The first-order valence-electron chi connectivity index (χ1n) is 9.31. The number of carbonyl (C=O) groups is 1. The zero-order valence-electron chi connectivity index (χ0n) is 15.9. The number of hydrogen-bond acceptors (Lipinski definition) is 6. The number of pyridine rings is 2. The smallest absolute Gasteiger partial charge is 0.280 e. The normalized spacial score (nSPS) is 14.5. The summed E-state index contributed by atoms with van der Waals surface area (Å²) in [5, 5.41) is 5.90. The van der Waals surface area contributed by atoms with Crippen molar-refractivity contribution in [2.45, 2.75) is 18.9 Å². The van der Waals surface area contributed by atoms with Crippen LogP contribution in [0.5, 0.6) is 5.88 Å². The van der Waals surface area contributed by atoms with Gasteiger partial charge in [-0.2, -0.15) is 0 Å². The van der Waals surface area contributed by atoms with E-state index in [0.717, 1.165) is 12.8 Å². The quantitative estimate of drug-likeness (QED) is 0.678. The molecule has 9 nitrogen and oxygen atoms in total. The fraction of sp³-hybridized carbons (Fsp3) is 0.300. The van der Waals surface area contributed by atoms with E-state index in [0.29, 0.717) is 41.6 Å². The lowest BCUT2D eigenvalue weighted by atomic mass is 10.1. The fourth-order valence-electron chi connectivity index (χ4n) is 3.20. The molecule has 1 fully saturated rings. The van der Waals surface area contributed by atoms with E-state index >= 15 is 0 Å².